The van der Waals surface area contributed by atoms with Crippen molar-refractivity contribution in [1.29, 1.82) is 0 Å². The maximum Gasteiger partial charge on any atom is 0.288 e. The van der Waals surface area contributed by atoms with Crippen molar-refractivity contribution in [3.63, 3.8) is 0 Å². The molecule has 3 aromatic rings. The van der Waals surface area contributed by atoms with Gasteiger partial charge in [-0.1, -0.05) is 23.5 Å². The number of nitrogens with one attached hydrogen (secondary N) is 1. The number of benzene rings is 1. The van der Waals surface area contributed by atoms with Crippen LogP contribution < -0.4 is 5.32 Å². The summed E-state index contributed by atoms with van der Waals surface area (Å²) in [6.07, 6.45) is 4.86. The third-order valence-corrected chi connectivity index (χ3v) is 7.08. The lowest BCUT2D eigenvalue weighted by atomic mass is 10.2. The van der Waals surface area contributed by atoms with Gasteiger partial charge in [0.1, 0.15) is 16.2 Å². The Balaban J connectivity index is 1.40. The van der Waals surface area contributed by atoms with E-state index in [4.69, 9.17) is 0 Å². The lowest BCUT2D eigenvalue weighted by Crippen LogP contribution is -2.14. The Labute approximate surface area is 167 Å². The fourth-order valence-electron chi connectivity index (χ4n) is 3.06. The standard InChI is InChI=1S/C18H15F2N3OS3/c19-18(20)26-11-6-4-10(5-7-11)23-14(24)8-25-16-15-12-2-1-3-13(12)27-17(15)22-9-21-16/h4-7,9,18H,1-3,8H2,(H,23,24). The molecule has 0 fully saturated rings. The number of alkyl halides is 2. The molecule has 1 aliphatic rings. The number of carbonyl (C=O) groups excluding carboxylic acids is 1. The molecule has 4 rings (SSSR count). The largest absolute Gasteiger partial charge is 0.325 e. The Hall–Kier alpha value is -1.71. The zero-order valence-electron chi connectivity index (χ0n) is 14.1. The SMILES string of the molecule is O=C(CSc1ncnc2sc3c(c12)CCC3)Nc1ccc(SC(F)F)cc1. The van der Waals surface area contributed by atoms with Crippen molar-refractivity contribution in [3.05, 3.63) is 41.0 Å². The van der Waals surface area contributed by atoms with Crippen LogP contribution in [0.15, 0.2) is 40.5 Å². The number of hydrogen-bond donors (Lipinski definition) is 1. The van der Waals surface area contributed by atoms with E-state index in [0.717, 1.165) is 34.5 Å². The zero-order chi connectivity index (χ0) is 18.8. The number of anilines is 1. The number of aromatic nitrogens is 2. The van der Waals surface area contributed by atoms with Gasteiger partial charge in [-0.3, -0.25) is 4.79 Å². The van der Waals surface area contributed by atoms with Crippen molar-refractivity contribution in [2.75, 3.05) is 11.1 Å². The van der Waals surface area contributed by atoms with Gasteiger partial charge in [0, 0.05) is 20.8 Å². The van der Waals surface area contributed by atoms with Crippen LogP contribution >= 0.6 is 34.9 Å². The van der Waals surface area contributed by atoms with E-state index in [2.05, 4.69) is 15.3 Å². The minimum Gasteiger partial charge on any atom is -0.325 e. The second-order valence-electron chi connectivity index (χ2n) is 5.96. The van der Waals surface area contributed by atoms with Crippen LogP contribution in [0.3, 0.4) is 0 Å². The van der Waals surface area contributed by atoms with Gasteiger partial charge in [-0.25, -0.2) is 9.97 Å². The summed E-state index contributed by atoms with van der Waals surface area (Å²) in [5.41, 5.74) is 1.93. The van der Waals surface area contributed by atoms with Crippen LogP contribution in [0.4, 0.5) is 14.5 Å². The molecule has 0 bridgehead atoms. The van der Waals surface area contributed by atoms with E-state index in [-0.39, 0.29) is 11.7 Å². The second kappa shape index (κ2) is 8.12. The minimum atomic E-state index is -2.45. The summed E-state index contributed by atoms with van der Waals surface area (Å²) in [6, 6.07) is 6.40. The van der Waals surface area contributed by atoms with Crippen LogP contribution in [-0.2, 0) is 17.6 Å². The average molecular weight is 424 g/mol. The first kappa shape index (κ1) is 18.6. The van der Waals surface area contributed by atoms with Crippen molar-refractivity contribution in [1.82, 2.24) is 9.97 Å². The summed E-state index contributed by atoms with van der Waals surface area (Å²) in [4.78, 5) is 23.8. The molecule has 0 unspecified atom stereocenters. The number of hydrogen-bond acceptors (Lipinski definition) is 6. The van der Waals surface area contributed by atoms with Gasteiger partial charge in [0.25, 0.3) is 5.76 Å². The molecule has 140 valence electrons. The maximum atomic E-state index is 12.3. The fourth-order valence-corrected chi connectivity index (χ4v) is 5.68. The molecule has 4 nitrogen and oxygen atoms in total. The van der Waals surface area contributed by atoms with Crippen molar-refractivity contribution in [3.8, 4) is 0 Å². The second-order valence-corrected chi connectivity index (χ2v) is 9.07. The molecule has 0 saturated heterocycles. The molecule has 27 heavy (non-hydrogen) atoms. The number of nitrogens with zero attached hydrogens (tertiary/aromatic N) is 2. The molecule has 0 spiro atoms. The molecule has 0 radical (unpaired) electrons. The van der Waals surface area contributed by atoms with Gasteiger partial charge in [0.05, 0.1) is 5.75 Å². The highest BCUT2D eigenvalue weighted by Crippen LogP contribution is 2.40. The molecule has 9 heteroatoms. The van der Waals surface area contributed by atoms with Crippen LogP contribution in [0.25, 0.3) is 10.2 Å². The lowest BCUT2D eigenvalue weighted by Gasteiger charge is -2.07. The third-order valence-electron chi connectivity index (χ3n) is 4.17. The predicted molar refractivity (Wildman–Crippen MR) is 107 cm³/mol. The van der Waals surface area contributed by atoms with E-state index in [1.807, 2.05) is 0 Å². The Bertz CT molecular complexity index is 976. The first-order valence-corrected chi connectivity index (χ1v) is 11.0. The minimum absolute atomic E-state index is 0.159. The van der Waals surface area contributed by atoms with Crippen molar-refractivity contribution in [2.45, 2.75) is 34.9 Å². The van der Waals surface area contributed by atoms with Crippen LogP contribution in [0.1, 0.15) is 16.9 Å². The van der Waals surface area contributed by atoms with Gasteiger partial charge in [0.15, 0.2) is 0 Å². The van der Waals surface area contributed by atoms with Gasteiger partial charge >= 0.3 is 0 Å². The molecule has 1 amide bonds. The molecule has 0 atom stereocenters. The maximum absolute atomic E-state index is 12.3. The smallest absolute Gasteiger partial charge is 0.288 e. The average Bonchev–Trinajstić information content (AvgIpc) is 3.22. The molecule has 2 heterocycles. The molecular formula is C18H15F2N3OS3. The number of carbonyl (C=O) groups is 1. The number of thiophene rings is 1. The van der Waals surface area contributed by atoms with E-state index in [0.29, 0.717) is 22.3 Å². The van der Waals surface area contributed by atoms with E-state index < -0.39 is 5.76 Å². The van der Waals surface area contributed by atoms with Gasteiger partial charge in [-0.05, 0) is 49.1 Å². The predicted octanol–water partition coefficient (Wildman–Crippen LogP) is 5.23. The summed E-state index contributed by atoms with van der Waals surface area (Å²) >= 11 is 3.60. The number of fused-ring (bicyclic) bond motifs is 3. The van der Waals surface area contributed by atoms with Crippen molar-refractivity contribution < 1.29 is 13.6 Å². The Kier molecular flexibility index (Phi) is 5.60. The summed E-state index contributed by atoms with van der Waals surface area (Å²) in [5, 5.41) is 4.73. The Morgan fingerprint density at radius 1 is 1.22 bits per heavy atom. The van der Waals surface area contributed by atoms with Crippen molar-refractivity contribution in [2.24, 2.45) is 0 Å². The van der Waals surface area contributed by atoms with E-state index in [1.165, 1.54) is 22.2 Å². The van der Waals surface area contributed by atoms with Gasteiger partial charge in [-0.15, -0.1) is 11.3 Å². The lowest BCUT2D eigenvalue weighted by molar-refractivity contribution is -0.113. The first-order valence-electron chi connectivity index (χ1n) is 8.33. The molecule has 0 saturated carbocycles. The number of aryl methyl sites for hydroxylation is 2. The highest BCUT2D eigenvalue weighted by molar-refractivity contribution is 8.00. The van der Waals surface area contributed by atoms with E-state index in [1.54, 1.807) is 41.9 Å². The monoisotopic (exact) mass is 423 g/mol. The van der Waals surface area contributed by atoms with Gasteiger partial charge in [-0.2, -0.15) is 8.78 Å². The van der Waals surface area contributed by atoms with E-state index >= 15 is 0 Å². The summed E-state index contributed by atoms with van der Waals surface area (Å²) in [7, 11) is 0. The van der Waals surface area contributed by atoms with Crippen LogP contribution in [0, 0.1) is 0 Å². The highest BCUT2D eigenvalue weighted by atomic mass is 32.2. The zero-order valence-corrected chi connectivity index (χ0v) is 16.5. The highest BCUT2D eigenvalue weighted by Gasteiger charge is 2.21. The molecular weight excluding hydrogens is 408 g/mol. The summed E-state index contributed by atoms with van der Waals surface area (Å²) in [6.45, 7) is 0. The van der Waals surface area contributed by atoms with Crippen LogP contribution in [0.2, 0.25) is 0 Å². The number of thioether (sulfide) groups is 2. The van der Waals surface area contributed by atoms with Crippen LogP contribution in [0.5, 0.6) is 0 Å². The molecule has 2 aromatic heterocycles. The van der Waals surface area contributed by atoms with Crippen LogP contribution in [-0.4, -0.2) is 27.4 Å². The number of rotatable bonds is 6. The molecule has 1 aromatic carbocycles. The normalized spacial score (nSPS) is 13.3. The number of amides is 1. The molecule has 0 aliphatic heterocycles. The summed E-state index contributed by atoms with van der Waals surface area (Å²) < 4.78 is 24.7. The number of halogens is 2. The van der Waals surface area contributed by atoms with E-state index in [9.17, 15) is 13.6 Å². The van der Waals surface area contributed by atoms with Gasteiger partial charge in [0.2, 0.25) is 5.91 Å². The quantitative estimate of drug-likeness (QED) is 0.435. The third kappa shape index (κ3) is 4.25. The fraction of sp³-hybridized carbons (Fsp3) is 0.278. The van der Waals surface area contributed by atoms with Crippen molar-refractivity contribution >= 4 is 56.7 Å². The molecule has 1 N–H and O–H groups in total. The molecule has 1 aliphatic carbocycles. The summed E-state index contributed by atoms with van der Waals surface area (Å²) in [5.74, 6) is -2.39. The Morgan fingerprint density at radius 2 is 2.04 bits per heavy atom. The van der Waals surface area contributed by atoms with Gasteiger partial charge < -0.3 is 5.32 Å². The first-order chi connectivity index (χ1) is 13.1. The topological polar surface area (TPSA) is 54.9 Å². The Morgan fingerprint density at radius 3 is 2.81 bits per heavy atom.